The Morgan fingerprint density at radius 1 is 1.09 bits per heavy atom. The van der Waals surface area contributed by atoms with Crippen LogP contribution in [0.2, 0.25) is 0 Å². The van der Waals surface area contributed by atoms with Crippen molar-refractivity contribution < 1.29 is 28.2 Å². The van der Waals surface area contributed by atoms with Crippen LogP contribution < -0.4 is 5.32 Å². The quantitative estimate of drug-likeness (QED) is 0.578. The van der Waals surface area contributed by atoms with Crippen molar-refractivity contribution in [1.29, 1.82) is 0 Å². The lowest BCUT2D eigenvalue weighted by atomic mass is 9.52. The van der Waals surface area contributed by atoms with Crippen LogP contribution in [0.25, 0.3) is 0 Å². The first kappa shape index (κ1) is 23.1. The minimum absolute atomic E-state index is 0.0268. The predicted octanol–water partition coefficient (Wildman–Crippen LogP) is 4.67. The highest BCUT2D eigenvalue weighted by Crippen LogP contribution is 2.55. The summed E-state index contributed by atoms with van der Waals surface area (Å²) in [5.41, 5.74) is 0.232. The van der Waals surface area contributed by atoms with Crippen molar-refractivity contribution in [3.63, 3.8) is 0 Å². The topological polar surface area (TPSA) is 75.6 Å². The van der Waals surface area contributed by atoms with E-state index in [-0.39, 0.29) is 47.1 Å². The Hall–Kier alpha value is -2.64. The number of amides is 1. The Morgan fingerprint density at radius 2 is 1.79 bits per heavy atom. The molecule has 2 aromatic rings. The molecule has 0 heterocycles. The van der Waals surface area contributed by atoms with E-state index in [0.29, 0.717) is 17.0 Å². The maximum Gasteiger partial charge on any atom is 0.264 e. The van der Waals surface area contributed by atoms with Crippen molar-refractivity contribution in [2.75, 3.05) is 7.11 Å². The minimum atomic E-state index is -2.76. The molecule has 4 bridgehead atoms. The first-order valence-electron chi connectivity index (χ1n) is 11.8. The van der Waals surface area contributed by atoms with Crippen LogP contribution in [0, 0.1) is 17.8 Å². The van der Waals surface area contributed by atoms with Gasteiger partial charge in [0.05, 0.1) is 12.2 Å². The Bertz CT molecular complexity index is 1100. The number of alkyl halides is 2. The number of methoxy groups -OCH3 is 1. The summed E-state index contributed by atoms with van der Waals surface area (Å²) in [5.74, 6) is 0.342. The predicted molar refractivity (Wildman–Crippen MR) is 122 cm³/mol. The molecule has 2 N–H and O–H groups in total. The van der Waals surface area contributed by atoms with E-state index in [1.54, 1.807) is 18.2 Å². The highest BCUT2D eigenvalue weighted by Gasteiger charge is 2.55. The van der Waals surface area contributed by atoms with Gasteiger partial charge in [0.25, 0.3) is 12.3 Å². The molecule has 2 unspecified atom stereocenters. The molecule has 0 spiro atoms. The Kier molecular flexibility index (Phi) is 6.02. The molecule has 34 heavy (non-hydrogen) atoms. The minimum Gasteiger partial charge on any atom is -0.390 e. The molecule has 0 saturated heterocycles. The van der Waals surface area contributed by atoms with E-state index in [4.69, 9.17) is 4.74 Å². The third-order valence-corrected chi connectivity index (χ3v) is 7.89. The fourth-order valence-electron chi connectivity index (χ4n) is 6.73. The Balaban J connectivity index is 1.39. The van der Waals surface area contributed by atoms with E-state index < -0.39 is 17.8 Å². The first-order chi connectivity index (χ1) is 16.3. The van der Waals surface area contributed by atoms with Crippen molar-refractivity contribution >= 4 is 11.7 Å². The van der Waals surface area contributed by atoms with Gasteiger partial charge in [-0.2, -0.15) is 0 Å². The number of benzene rings is 2. The number of aliphatic hydroxyl groups is 1. The van der Waals surface area contributed by atoms with Crippen LogP contribution in [0.15, 0.2) is 42.5 Å². The van der Waals surface area contributed by atoms with E-state index in [0.717, 1.165) is 32.1 Å². The molecule has 7 heteroatoms. The molecule has 4 fully saturated rings. The SMILES string of the molecule is COCc1cc(C(=O)c2ccccc2C(F)F)ccc1C(=O)NC1C2CC3CC1CC(O)(C3)C2. The third-order valence-electron chi connectivity index (χ3n) is 7.89. The average Bonchev–Trinajstić information content (AvgIpc) is 2.80. The zero-order valence-corrected chi connectivity index (χ0v) is 19.1. The largest absolute Gasteiger partial charge is 0.390 e. The zero-order valence-electron chi connectivity index (χ0n) is 19.1. The zero-order chi connectivity index (χ0) is 24.0. The monoisotopic (exact) mass is 469 g/mol. The molecule has 1 amide bonds. The number of carbonyl (C=O) groups excluding carboxylic acids is 2. The standard InChI is InChI=1S/C27H29F2NO4/c1-34-14-19-10-16(24(31)21-4-2-3-5-22(21)25(28)29)6-7-20(19)26(32)30-23-17-8-15-9-18(23)13-27(33,11-15)12-17/h2-7,10,15,17-18,23,25,33H,8-9,11-14H2,1H3,(H,30,32). The highest BCUT2D eigenvalue weighted by atomic mass is 19.3. The van der Waals surface area contributed by atoms with Gasteiger partial charge in [0.15, 0.2) is 5.78 Å². The summed E-state index contributed by atoms with van der Waals surface area (Å²) in [5, 5.41) is 14.0. The molecule has 2 atom stereocenters. The molecule has 2 aromatic carbocycles. The van der Waals surface area contributed by atoms with Gasteiger partial charge in [-0.05, 0) is 67.6 Å². The van der Waals surface area contributed by atoms with Crippen molar-refractivity contribution in [3.8, 4) is 0 Å². The number of rotatable bonds is 7. The first-order valence-corrected chi connectivity index (χ1v) is 11.8. The lowest BCUT2D eigenvalue weighted by Crippen LogP contribution is -2.61. The normalized spacial score (nSPS) is 29.4. The van der Waals surface area contributed by atoms with E-state index in [9.17, 15) is 23.5 Å². The van der Waals surface area contributed by atoms with Gasteiger partial charge in [0, 0.05) is 35.4 Å². The number of hydrogen-bond donors (Lipinski definition) is 2. The molecule has 5 nitrogen and oxygen atoms in total. The molecule has 0 aliphatic heterocycles. The van der Waals surface area contributed by atoms with Crippen molar-refractivity contribution in [2.45, 2.75) is 56.8 Å². The fourth-order valence-corrected chi connectivity index (χ4v) is 6.73. The van der Waals surface area contributed by atoms with Crippen LogP contribution >= 0.6 is 0 Å². The van der Waals surface area contributed by atoms with Crippen LogP contribution in [0.4, 0.5) is 8.78 Å². The smallest absolute Gasteiger partial charge is 0.264 e. The average molecular weight is 470 g/mol. The van der Waals surface area contributed by atoms with Crippen LogP contribution in [0.5, 0.6) is 0 Å². The van der Waals surface area contributed by atoms with Crippen LogP contribution in [0.1, 0.15) is 75.9 Å². The van der Waals surface area contributed by atoms with Gasteiger partial charge in [0.2, 0.25) is 0 Å². The molecule has 6 rings (SSSR count). The summed E-state index contributed by atoms with van der Waals surface area (Å²) in [7, 11) is 1.50. The summed E-state index contributed by atoms with van der Waals surface area (Å²) in [6, 6.07) is 10.3. The summed E-state index contributed by atoms with van der Waals surface area (Å²) in [4.78, 5) is 26.3. The fraction of sp³-hybridized carbons (Fsp3) is 0.481. The summed E-state index contributed by atoms with van der Waals surface area (Å²) >= 11 is 0. The third kappa shape index (κ3) is 4.16. The molecule has 4 aliphatic rings. The van der Waals surface area contributed by atoms with Gasteiger partial charge >= 0.3 is 0 Å². The second-order valence-corrected chi connectivity index (χ2v) is 10.2. The van der Waals surface area contributed by atoms with Crippen LogP contribution in [0.3, 0.4) is 0 Å². The highest BCUT2D eigenvalue weighted by molar-refractivity contribution is 6.10. The van der Waals surface area contributed by atoms with E-state index in [1.165, 1.54) is 31.4 Å². The summed E-state index contributed by atoms with van der Waals surface area (Å²) < 4.78 is 32.1. The maximum absolute atomic E-state index is 13.4. The van der Waals surface area contributed by atoms with Crippen LogP contribution in [-0.4, -0.2) is 35.5 Å². The summed E-state index contributed by atoms with van der Waals surface area (Å²) in [6.07, 6.45) is 1.64. The number of halogens is 2. The van der Waals surface area contributed by atoms with Crippen LogP contribution in [-0.2, 0) is 11.3 Å². The lowest BCUT2D eigenvalue weighted by molar-refractivity contribution is -0.136. The van der Waals surface area contributed by atoms with E-state index >= 15 is 0 Å². The summed E-state index contributed by atoms with van der Waals surface area (Å²) in [6.45, 7) is 0.111. The molecule has 4 aliphatic carbocycles. The molecular weight excluding hydrogens is 440 g/mol. The van der Waals surface area contributed by atoms with Gasteiger partial charge in [-0.3, -0.25) is 9.59 Å². The molecule has 4 saturated carbocycles. The van der Waals surface area contributed by atoms with Gasteiger partial charge in [-0.15, -0.1) is 0 Å². The Labute approximate surface area is 197 Å². The molecule has 180 valence electrons. The van der Waals surface area contributed by atoms with Gasteiger partial charge in [-0.25, -0.2) is 8.78 Å². The lowest BCUT2D eigenvalue weighted by Gasteiger charge is -2.58. The maximum atomic E-state index is 13.4. The van der Waals surface area contributed by atoms with Crippen molar-refractivity contribution in [1.82, 2.24) is 5.32 Å². The van der Waals surface area contributed by atoms with Crippen molar-refractivity contribution in [3.05, 3.63) is 70.3 Å². The number of carbonyl (C=O) groups is 2. The second kappa shape index (κ2) is 8.86. The molecule has 0 radical (unpaired) electrons. The number of hydrogen-bond acceptors (Lipinski definition) is 4. The van der Waals surface area contributed by atoms with E-state index in [2.05, 4.69) is 5.32 Å². The van der Waals surface area contributed by atoms with E-state index in [1.807, 2.05) is 0 Å². The molecular formula is C27H29F2NO4. The van der Waals surface area contributed by atoms with Gasteiger partial charge < -0.3 is 15.2 Å². The number of ether oxygens (including phenoxy) is 1. The number of nitrogens with one attached hydrogen (secondary N) is 1. The second-order valence-electron chi connectivity index (χ2n) is 10.2. The number of ketones is 1. The van der Waals surface area contributed by atoms with Gasteiger partial charge in [0.1, 0.15) is 0 Å². The van der Waals surface area contributed by atoms with Gasteiger partial charge in [-0.1, -0.05) is 30.3 Å². The van der Waals surface area contributed by atoms with Crippen molar-refractivity contribution in [2.24, 2.45) is 17.8 Å². The molecule has 0 aromatic heterocycles. The Morgan fingerprint density at radius 3 is 2.44 bits per heavy atom.